The lowest BCUT2D eigenvalue weighted by molar-refractivity contribution is 0.0938. The van der Waals surface area contributed by atoms with Crippen molar-refractivity contribution in [3.05, 3.63) is 83.4 Å². The van der Waals surface area contributed by atoms with Crippen LogP contribution in [0.15, 0.2) is 54.9 Å². The average Bonchev–Trinajstić information content (AvgIpc) is 3.10. The van der Waals surface area contributed by atoms with Gasteiger partial charge >= 0.3 is 0 Å². The number of aromatic nitrogens is 3. The van der Waals surface area contributed by atoms with E-state index in [0.29, 0.717) is 11.1 Å². The van der Waals surface area contributed by atoms with Gasteiger partial charge in [0.25, 0.3) is 5.91 Å². The van der Waals surface area contributed by atoms with E-state index < -0.39 is 23.6 Å². The summed E-state index contributed by atoms with van der Waals surface area (Å²) < 4.78 is 27.8. The highest BCUT2D eigenvalue weighted by Gasteiger charge is 2.14. The van der Waals surface area contributed by atoms with E-state index >= 15 is 0 Å². The molecule has 6 nitrogen and oxygen atoms in total. The van der Waals surface area contributed by atoms with Gasteiger partial charge in [-0.2, -0.15) is 0 Å². The number of aliphatic hydroxyl groups is 1. The Bertz CT molecular complexity index is 896. The predicted octanol–water partition coefficient (Wildman–Crippen LogP) is 2.22. The van der Waals surface area contributed by atoms with Crippen molar-refractivity contribution in [2.45, 2.75) is 19.2 Å². The van der Waals surface area contributed by atoms with Crippen molar-refractivity contribution in [2.75, 3.05) is 0 Å². The topological polar surface area (TPSA) is 80.0 Å². The van der Waals surface area contributed by atoms with Crippen molar-refractivity contribution in [1.29, 1.82) is 0 Å². The Hall–Kier alpha value is -3.13. The zero-order valence-electron chi connectivity index (χ0n) is 13.6. The van der Waals surface area contributed by atoms with E-state index in [1.165, 1.54) is 41.3 Å². The standard InChI is InChI=1S/C18H16F2N4O2/c19-14-7-5-12(6-8-14)16(25)10-24-11-22-17(23-24)18(26)21-9-13-3-1-2-4-15(13)20/h1-8,11,16,25H,9-10H2,(H,21,26)/t16-/m1/s1. The highest BCUT2D eigenvalue weighted by Crippen LogP contribution is 2.15. The second-order valence-corrected chi connectivity index (χ2v) is 5.63. The first-order chi connectivity index (χ1) is 12.5. The van der Waals surface area contributed by atoms with E-state index in [2.05, 4.69) is 15.4 Å². The van der Waals surface area contributed by atoms with Crippen LogP contribution in [0.25, 0.3) is 0 Å². The summed E-state index contributed by atoms with van der Waals surface area (Å²) >= 11 is 0. The molecule has 3 aromatic rings. The minimum Gasteiger partial charge on any atom is -0.386 e. The molecule has 3 rings (SSSR count). The quantitative estimate of drug-likeness (QED) is 0.708. The lowest BCUT2D eigenvalue weighted by Gasteiger charge is -2.10. The summed E-state index contributed by atoms with van der Waals surface area (Å²) in [6, 6.07) is 11.6. The fourth-order valence-corrected chi connectivity index (χ4v) is 2.35. The molecule has 1 atom stereocenters. The summed E-state index contributed by atoms with van der Waals surface area (Å²) in [5.41, 5.74) is 0.875. The highest BCUT2D eigenvalue weighted by atomic mass is 19.1. The van der Waals surface area contributed by atoms with E-state index in [1.807, 2.05) is 0 Å². The van der Waals surface area contributed by atoms with Crippen LogP contribution in [-0.4, -0.2) is 25.8 Å². The molecule has 134 valence electrons. The first kappa shape index (κ1) is 17.7. The zero-order chi connectivity index (χ0) is 18.5. The van der Waals surface area contributed by atoms with Crippen molar-refractivity contribution in [2.24, 2.45) is 0 Å². The molecule has 0 aliphatic heterocycles. The van der Waals surface area contributed by atoms with Crippen molar-refractivity contribution in [1.82, 2.24) is 20.1 Å². The number of rotatable bonds is 6. The maximum Gasteiger partial charge on any atom is 0.291 e. The summed E-state index contributed by atoms with van der Waals surface area (Å²) in [7, 11) is 0. The van der Waals surface area contributed by atoms with Gasteiger partial charge in [0, 0.05) is 12.1 Å². The molecular formula is C18H16F2N4O2. The van der Waals surface area contributed by atoms with Crippen molar-refractivity contribution < 1.29 is 18.7 Å². The third kappa shape index (κ3) is 4.28. The van der Waals surface area contributed by atoms with Crippen LogP contribution in [-0.2, 0) is 13.1 Å². The van der Waals surface area contributed by atoms with E-state index in [0.717, 1.165) is 0 Å². The normalized spacial score (nSPS) is 12.0. The van der Waals surface area contributed by atoms with Crippen LogP contribution < -0.4 is 5.32 Å². The van der Waals surface area contributed by atoms with E-state index in [-0.39, 0.29) is 18.9 Å². The molecule has 0 spiro atoms. The van der Waals surface area contributed by atoms with Gasteiger partial charge in [-0.1, -0.05) is 30.3 Å². The number of hydrogen-bond acceptors (Lipinski definition) is 4. The molecule has 2 aromatic carbocycles. The Kier molecular flexibility index (Phi) is 5.33. The number of carbonyl (C=O) groups excluding carboxylic acids is 1. The van der Waals surface area contributed by atoms with Crippen molar-refractivity contribution in [3.63, 3.8) is 0 Å². The molecular weight excluding hydrogens is 342 g/mol. The lowest BCUT2D eigenvalue weighted by Crippen LogP contribution is -2.24. The molecule has 0 fully saturated rings. The van der Waals surface area contributed by atoms with Crippen LogP contribution >= 0.6 is 0 Å². The Balaban J connectivity index is 1.59. The fourth-order valence-electron chi connectivity index (χ4n) is 2.35. The van der Waals surface area contributed by atoms with Gasteiger partial charge in [-0.05, 0) is 23.8 Å². The van der Waals surface area contributed by atoms with E-state index in [1.54, 1.807) is 18.2 Å². The molecule has 0 bridgehead atoms. The first-order valence-electron chi connectivity index (χ1n) is 7.87. The van der Waals surface area contributed by atoms with Crippen LogP contribution in [0, 0.1) is 11.6 Å². The summed E-state index contributed by atoms with van der Waals surface area (Å²) in [6.45, 7) is 0.0669. The number of benzene rings is 2. The Morgan fingerprint density at radius 3 is 2.62 bits per heavy atom. The molecule has 0 radical (unpaired) electrons. The first-order valence-corrected chi connectivity index (χ1v) is 7.87. The van der Waals surface area contributed by atoms with Crippen LogP contribution in [0.4, 0.5) is 8.78 Å². The molecule has 2 N–H and O–H groups in total. The number of aliphatic hydroxyl groups excluding tert-OH is 1. The molecule has 1 amide bonds. The smallest absolute Gasteiger partial charge is 0.291 e. The number of carbonyl (C=O) groups is 1. The number of hydrogen-bond donors (Lipinski definition) is 2. The second kappa shape index (κ2) is 7.83. The summed E-state index contributed by atoms with van der Waals surface area (Å²) in [5.74, 6) is -1.44. The minimum absolute atomic E-state index is 0.0122. The molecule has 1 aromatic heterocycles. The van der Waals surface area contributed by atoms with Crippen LogP contribution in [0.1, 0.15) is 27.8 Å². The van der Waals surface area contributed by atoms with E-state index in [4.69, 9.17) is 0 Å². The molecule has 1 heterocycles. The van der Waals surface area contributed by atoms with Gasteiger partial charge in [0.05, 0.1) is 12.6 Å². The Labute approximate surface area is 148 Å². The molecule has 0 aliphatic rings. The van der Waals surface area contributed by atoms with Crippen molar-refractivity contribution >= 4 is 5.91 Å². The van der Waals surface area contributed by atoms with Crippen LogP contribution in [0.5, 0.6) is 0 Å². The highest BCUT2D eigenvalue weighted by molar-refractivity contribution is 5.90. The summed E-state index contributed by atoms with van der Waals surface area (Å²) in [6.07, 6.45) is 0.386. The number of halogens is 2. The maximum atomic E-state index is 13.5. The van der Waals surface area contributed by atoms with Gasteiger partial charge in [0.15, 0.2) is 0 Å². The van der Waals surface area contributed by atoms with Crippen LogP contribution in [0.3, 0.4) is 0 Å². The predicted molar refractivity (Wildman–Crippen MR) is 89.0 cm³/mol. The molecule has 26 heavy (non-hydrogen) atoms. The lowest BCUT2D eigenvalue weighted by atomic mass is 10.1. The molecule has 0 saturated carbocycles. The summed E-state index contributed by atoms with van der Waals surface area (Å²) in [5, 5.41) is 16.7. The van der Waals surface area contributed by atoms with Crippen molar-refractivity contribution in [3.8, 4) is 0 Å². The Morgan fingerprint density at radius 2 is 1.88 bits per heavy atom. The number of nitrogens with one attached hydrogen (secondary N) is 1. The average molecular weight is 358 g/mol. The third-order valence-corrected chi connectivity index (χ3v) is 3.75. The molecule has 8 heteroatoms. The van der Waals surface area contributed by atoms with Gasteiger partial charge in [-0.3, -0.25) is 4.79 Å². The third-order valence-electron chi connectivity index (χ3n) is 3.75. The van der Waals surface area contributed by atoms with Gasteiger partial charge in [0.1, 0.15) is 18.0 Å². The number of amides is 1. The second-order valence-electron chi connectivity index (χ2n) is 5.63. The largest absolute Gasteiger partial charge is 0.386 e. The van der Waals surface area contributed by atoms with Crippen LogP contribution in [0.2, 0.25) is 0 Å². The molecule has 0 saturated heterocycles. The molecule has 0 aliphatic carbocycles. The Morgan fingerprint density at radius 1 is 1.15 bits per heavy atom. The molecule has 0 unspecified atom stereocenters. The SMILES string of the molecule is O=C(NCc1ccccc1F)c1ncn(C[C@@H](O)c2ccc(F)cc2)n1. The monoisotopic (exact) mass is 358 g/mol. The van der Waals surface area contributed by atoms with E-state index in [9.17, 15) is 18.7 Å². The van der Waals surface area contributed by atoms with Gasteiger partial charge in [0.2, 0.25) is 5.82 Å². The zero-order valence-corrected chi connectivity index (χ0v) is 13.6. The minimum atomic E-state index is -0.924. The van der Waals surface area contributed by atoms with Gasteiger partial charge in [-0.15, -0.1) is 5.10 Å². The number of nitrogens with zero attached hydrogens (tertiary/aromatic N) is 3. The summed E-state index contributed by atoms with van der Waals surface area (Å²) in [4.78, 5) is 15.9. The van der Waals surface area contributed by atoms with Gasteiger partial charge in [-0.25, -0.2) is 18.4 Å². The fraction of sp³-hybridized carbons (Fsp3) is 0.167. The van der Waals surface area contributed by atoms with Gasteiger partial charge < -0.3 is 10.4 Å². The maximum absolute atomic E-state index is 13.5.